The second kappa shape index (κ2) is 5.63. The third-order valence-corrected chi connectivity index (χ3v) is 3.77. The van der Waals surface area contributed by atoms with Gasteiger partial charge in [-0.3, -0.25) is 5.32 Å². The number of amides is 1. The summed E-state index contributed by atoms with van der Waals surface area (Å²) in [7, 11) is 0. The molecule has 3 N–H and O–H groups in total. The minimum Gasteiger partial charge on any atom is -0.465 e. The van der Waals surface area contributed by atoms with Crippen molar-refractivity contribution in [1.29, 1.82) is 0 Å². The number of rotatable bonds is 3. The van der Waals surface area contributed by atoms with E-state index in [0.29, 0.717) is 10.5 Å². The lowest BCUT2D eigenvalue weighted by Crippen LogP contribution is -2.08. The highest BCUT2D eigenvalue weighted by Gasteiger charge is 2.07. The standard InChI is InChI=1S/C13H9ClN4O2S/c14-7-1-4-11(15-6-7)21-8-2-3-9-10(5-8)17-12(16-9)18-13(19)20/h1-6H,(H,19,20)(H2,16,17,18). The molecule has 0 fully saturated rings. The van der Waals surface area contributed by atoms with Gasteiger partial charge in [0.1, 0.15) is 5.03 Å². The molecule has 0 radical (unpaired) electrons. The van der Waals surface area contributed by atoms with Crippen molar-refractivity contribution in [2.24, 2.45) is 0 Å². The van der Waals surface area contributed by atoms with Crippen LogP contribution in [-0.4, -0.2) is 26.2 Å². The maximum Gasteiger partial charge on any atom is 0.411 e. The number of aromatic amines is 1. The van der Waals surface area contributed by atoms with E-state index in [1.54, 1.807) is 12.3 Å². The fourth-order valence-corrected chi connectivity index (χ4v) is 2.65. The van der Waals surface area contributed by atoms with Gasteiger partial charge in [-0.15, -0.1) is 0 Å². The smallest absolute Gasteiger partial charge is 0.411 e. The number of carboxylic acid groups (broad SMARTS) is 1. The van der Waals surface area contributed by atoms with Crippen molar-refractivity contribution < 1.29 is 9.90 Å². The number of aromatic nitrogens is 3. The van der Waals surface area contributed by atoms with Crippen LogP contribution in [-0.2, 0) is 0 Å². The Morgan fingerprint density at radius 3 is 2.90 bits per heavy atom. The van der Waals surface area contributed by atoms with E-state index >= 15 is 0 Å². The van der Waals surface area contributed by atoms with Gasteiger partial charge in [-0.1, -0.05) is 23.4 Å². The third-order valence-electron chi connectivity index (χ3n) is 2.60. The van der Waals surface area contributed by atoms with Crippen molar-refractivity contribution in [2.75, 3.05) is 5.32 Å². The third kappa shape index (κ3) is 3.26. The molecule has 21 heavy (non-hydrogen) atoms. The van der Waals surface area contributed by atoms with Crippen LogP contribution >= 0.6 is 23.4 Å². The highest BCUT2D eigenvalue weighted by molar-refractivity contribution is 7.99. The zero-order valence-electron chi connectivity index (χ0n) is 10.5. The second-order valence-electron chi connectivity index (χ2n) is 4.11. The van der Waals surface area contributed by atoms with Crippen LogP contribution in [0.3, 0.4) is 0 Å². The zero-order valence-corrected chi connectivity index (χ0v) is 12.1. The van der Waals surface area contributed by atoms with Crippen LogP contribution in [0.15, 0.2) is 46.5 Å². The number of nitrogens with zero attached hydrogens (tertiary/aromatic N) is 2. The predicted molar refractivity (Wildman–Crippen MR) is 81.1 cm³/mol. The molecule has 106 valence electrons. The van der Waals surface area contributed by atoms with Crippen LogP contribution in [0.5, 0.6) is 0 Å². The number of halogens is 1. The van der Waals surface area contributed by atoms with Gasteiger partial charge in [0.15, 0.2) is 0 Å². The van der Waals surface area contributed by atoms with Gasteiger partial charge in [0, 0.05) is 11.1 Å². The Bertz CT molecular complexity index is 804. The summed E-state index contributed by atoms with van der Waals surface area (Å²) in [5.41, 5.74) is 1.44. The van der Waals surface area contributed by atoms with Gasteiger partial charge in [-0.25, -0.2) is 14.8 Å². The first-order chi connectivity index (χ1) is 10.1. The molecule has 0 saturated carbocycles. The molecule has 8 heteroatoms. The van der Waals surface area contributed by atoms with Crippen molar-refractivity contribution in [1.82, 2.24) is 15.0 Å². The van der Waals surface area contributed by atoms with Gasteiger partial charge >= 0.3 is 6.09 Å². The van der Waals surface area contributed by atoms with Crippen molar-refractivity contribution >= 4 is 46.4 Å². The summed E-state index contributed by atoms with van der Waals surface area (Å²) in [6.07, 6.45) is 0.431. The molecule has 1 aromatic carbocycles. The molecule has 0 aliphatic rings. The molecule has 1 amide bonds. The highest BCUT2D eigenvalue weighted by Crippen LogP contribution is 2.29. The topological polar surface area (TPSA) is 90.9 Å². The van der Waals surface area contributed by atoms with E-state index in [4.69, 9.17) is 16.7 Å². The van der Waals surface area contributed by atoms with Crippen molar-refractivity contribution in [3.8, 4) is 0 Å². The Kier molecular flexibility index (Phi) is 3.68. The first-order valence-corrected chi connectivity index (χ1v) is 7.09. The van der Waals surface area contributed by atoms with Crippen LogP contribution in [0.2, 0.25) is 5.02 Å². The number of pyridine rings is 1. The highest BCUT2D eigenvalue weighted by atomic mass is 35.5. The lowest BCUT2D eigenvalue weighted by atomic mass is 10.3. The van der Waals surface area contributed by atoms with E-state index < -0.39 is 6.09 Å². The van der Waals surface area contributed by atoms with E-state index in [-0.39, 0.29) is 5.95 Å². The van der Waals surface area contributed by atoms with Crippen molar-refractivity contribution in [2.45, 2.75) is 9.92 Å². The summed E-state index contributed by atoms with van der Waals surface area (Å²) in [5, 5.41) is 12.3. The van der Waals surface area contributed by atoms with Crippen LogP contribution in [0.25, 0.3) is 11.0 Å². The maximum atomic E-state index is 10.6. The fraction of sp³-hybridized carbons (Fsp3) is 0. The van der Waals surface area contributed by atoms with E-state index in [1.165, 1.54) is 11.8 Å². The fourth-order valence-electron chi connectivity index (χ4n) is 1.75. The molecule has 0 aliphatic heterocycles. The molecule has 2 heterocycles. The first-order valence-electron chi connectivity index (χ1n) is 5.89. The molecule has 0 saturated heterocycles. The van der Waals surface area contributed by atoms with E-state index in [1.807, 2.05) is 24.3 Å². The van der Waals surface area contributed by atoms with Gasteiger partial charge in [-0.05, 0) is 30.3 Å². The minimum absolute atomic E-state index is 0.198. The summed E-state index contributed by atoms with van der Waals surface area (Å²) in [6.45, 7) is 0. The van der Waals surface area contributed by atoms with E-state index in [2.05, 4.69) is 20.3 Å². The Balaban J connectivity index is 1.86. The number of benzene rings is 1. The number of anilines is 1. The molecular formula is C13H9ClN4O2S. The average Bonchev–Trinajstić information content (AvgIpc) is 2.82. The van der Waals surface area contributed by atoms with E-state index in [9.17, 15) is 4.79 Å². The number of hydrogen-bond acceptors (Lipinski definition) is 4. The summed E-state index contributed by atoms with van der Waals surface area (Å²) in [6, 6.07) is 9.22. The molecular weight excluding hydrogens is 312 g/mol. The maximum absolute atomic E-state index is 10.6. The number of imidazole rings is 1. The molecule has 0 unspecified atom stereocenters. The van der Waals surface area contributed by atoms with Crippen LogP contribution in [0, 0.1) is 0 Å². The molecule has 2 aromatic heterocycles. The van der Waals surface area contributed by atoms with Crippen LogP contribution < -0.4 is 5.32 Å². The van der Waals surface area contributed by atoms with Crippen molar-refractivity contribution in [3.05, 3.63) is 41.6 Å². The number of fused-ring (bicyclic) bond motifs is 1. The summed E-state index contributed by atoms with van der Waals surface area (Å²) >= 11 is 7.27. The Morgan fingerprint density at radius 1 is 1.33 bits per heavy atom. The SMILES string of the molecule is O=C(O)Nc1nc2cc(Sc3ccc(Cl)cn3)ccc2[nH]1. The normalized spacial score (nSPS) is 10.7. The number of nitrogens with one attached hydrogen (secondary N) is 2. The molecule has 0 spiro atoms. The summed E-state index contributed by atoms with van der Waals surface area (Å²) in [5.74, 6) is 0.198. The monoisotopic (exact) mass is 320 g/mol. The predicted octanol–water partition coefficient (Wildman–Crippen LogP) is 3.85. The summed E-state index contributed by atoms with van der Waals surface area (Å²) < 4.78 is 0. The van der Waals surface area contributed by atoms with Gasteiger partial charge in [0.05, 0.1) is 16.1 Å². The van der Waals surface area contributed by atoms with Gasteiger partial charge in [0.25, 0.3) is 0 Å². The molecule has 6 nitrogen and oxygen atoms in total. The Labute approximate surface area is 128 Å². The lowest BCUT2D eigenvalue weighted by molar-refractivity contribution is 0.209. The Morgan fingerprint density at radius 2 is 2.19 bits per heavy atom. The van der Waals surface area contributed by atoms with Crippen LogP contribution in [0.1, 0.15) is 0 Å². The molecule has 0 bridgehead atoms. The minimum atomic E-state index is -1.16. The number of carbonyl (C=O) groups is 1. The average molecular weight is 321 g/mol. The lowest BCUT2D eigenvalue weighted by Gasteiger charge is -2.00. The van der Waals surface area contributed by atoms with Gasteiger partial charge in [-0.2, -0.15) is 0 Å². The summed E-state index contributed by atoms with van der Waals surface area (Å²) in [4.78, 5) is 22.8. The first kappa shape index (κ1) is 13.7. The molecule has 0 aliphatic carbocycles. The van der Waals surface area contributed by atoms with Gasteiger partial charge < -0.3 is 10.1 Å². The quantitative estimate of drug-likeness (QED) is 0.681. The Hall–Kier alpha value is -2.25. The molecule has 3 rings (SSSR count). The van der Waals surface area contributed by atoms with Crippen molar-refractivity contribution in [3.63, 3.8) is 0 Å². The largest absolute Gasteiger partial charge is 0.465 e. The molecule has 0 atom stereocenters. The zero-order chi connectivity index (χ0) is 14.8. The van der Waals surface area contributed by atoms with Crippen LogP contribution in [0.4, 0.5) is 10.7 Å². The number of hydrogen-bond donors (Lipinski definition) is 3. The van der Waals surface area contributed by atoms with Gasteiger partial charge in [0.2, 0.25) is 5.95 Å². The molecule has 3 aromatic rings. The van der Waals surface area contributed by atoms with E-state index in [0.717, 1.165) is 15.4 Å². The second-order valence-corrected chi connectivity index (χ2v) is 5.64. The number of H-pyrrole nitrogens is 1.